The normalized spacial score (nSPS) is 14.5. The number of fused-ring (bicyclic) bond motifs is 1. The largest absolute Gasteiger partial charge is 0.496 e. The molecule has 4 heteroatoms. The molecule has 0 bridgehead atoms. The Morgan fingerprint density at radius 3 is 3.06 bits per heavy atom. The zero-order valence-corrected chi connectivity index (χ0v) is 9.96. The highest BCUT2D eigenvalue weighted by Crippen LogP contribution is 2.27. The van der Waals surface area contributed by atoms with Crippen molar-refractivity contribution in [3.8, 4) is 5.75 Å². The number of alkyl halides is 1. The smallest absolute Gasteiger partial charge is 0.237 e. The first kappa shape index (κ1) is 11.3. The fourth-order valence-electron chi connectivity index (χ4n) is 2.04. The van der Waals surface area contributed by atoms with Crippen molar-refractivity contribution < 1.29 is 9.53 Å². The molecule has 3 nitrogen and oxygen atoms in total. The lowest BCUT2D eigenvalue weighted by Gasteiger charge is -2.29. The number of hydrogen-bond donors (Lipinski definition) is 0. The van der Waals surface area contributed by atoms with Gasteiger partial charge in [0.2, 0.25) is 5.91 Å². The van der Waals surface area contributed by atoms with E-state index < -0.39 is 0 Å². The Morgan fingerprint density at radius 2 is 2.38 bits per heavy atom. The molecule has 1 heterocycles. The summed E-state index contributed by atoms with van der Waals surface area (Å²) in [5.41, 5.74) is 2.37. The first-order valence-corrected chi connectivity index (χ1v) is 5.78. The van der Waals surface area contributed by atoms with Gasteiger partial charge >= 0.3 is 0 Å². The van der Waals surface area contributed by atoms with Crippen molar-refractivity contribution in [1.82, 2.24) is 4.90 Å². The number of amides is 1. The molecule has 1 aromatic carbocycles. The summed E-state index contributed by atoms with van der Waals surface area (Å²) < 4.78 is 5.30. The Morgan fingerprint density at radius 1 is 1.56 bits per heavy atom. The third-order valence-electron chi connectivity index (χ3n) is 2.92. The van der Waals surface area contributed by atoms with E-state index >= 15 is 0 Å². The number of methoxy groups -OCH3 is 1. The van der Waals surface area contributed by atoms with Gasteiger partial charge in [-0.25, -0.2) is 0 Å². The zero-order chi connectivity index (χ0) is 11.5. The lowest BCUT2D eigenvalue weighted by atomic mass is 9.99. The molecule has 1 aromatic rings. The Balaban J connectivity index is 2.27. The van der Waals surface area contributed by atoms with Gasteiger partial charge in [0.05, 0.1) is 7.11 Å². The van der Waals surface area contributed by atoms with Crippen LogP contribution < -0.4 is 4.74 Å². The van der Waals surface area contributed by atoms with Gasteiger partial charge in [-0.15, -0.1) is 11.6 Å². The average Bonchev–Trinajstić information content (AvgIpc) is 2.36. The quantitative estimate of drug-likeness (QED) is 0.737. The summed E-state index contributed by atoms with van der Waals surface area (Å²) in [5, 5.41) is 0. The van der Waals surface area contributed by atoms with E-state index in [4.69, 9.17) is 16.3 Å². The van der Waals surface area contributed by atoms with Crippen LogP contribution in [0.3, 0.4) is 0 Å². The Labute approximate surface area is 100.0 Å². The van der Waals surface area contributed by atoms with E-state index in [9.17, 15) is 4.79 Å². The third kappa shape index (κ3) is 2.00. The number of ether oxygens (including phenoxy) is 1. The molecule has 0 radical (unpaired) electrons. The second kappa shape index (κ2) is 4.74. The summed E-state index contributed by atoms with van der Waals surface area (Å²) >= 11 is 5.56. The van der Waals surface area contributed by atoms with Crippen LogP contribution in [0.5, 0.6) is 5.75 Å². The van der Waals surface area contributed by atoms with E-state index in [0.29, 0.717) is 6.54 Å². The fraction of sp³-hybridized carbons (Fsp3) is 0.417. The molecular weight excluding hydrogens is 226 g/mol. The van der Waals surface area contributed by atoms with Gasteiger partial charge in [-0.2, -0.15) is 0 Å². The Hall–Kier alpha value is -1.22. The monoisotopic (exact) mass is 239 g/mol. The number of carbonyl (C=O) groups is 1. The van der Waals surface area contributed by atoms with Gasteiger partial charge in [-0.3, -0.25) is 4.79 Å². The minimum Gasteiger partial charge on any atom is -0.496 e. The molecule has 0 saturated heterocycles. The highest BCUT2D eigenvalue weighted by atomic mass is 35.5. The minimum absolute atomic E-state index is 0.0155. The summed E-state index contributed by atoms with van der Waals surface area (Å²) in [6.07, 6.45) is 0.870. The van der Waals surface area contributed by atoms with Gasteiger partial charge in [-0.1, -0.05) is 12.1 Å². The van der Waals surface area contributed by atoms with Crippen molar-refractivity contribution in [2.75, 3.05) is 19.5 Å². The predicted molar refractivity (Wildman–Crippen MR) is 62.8 cm³/mol. The van der Waals surface area contributed by atoms with Crippen LogP contribution in [0.2, 0.25) is 0 Å². The Kier molecular flexibility index (Phi) is 3.34. The van der Waals surface area contributed by atoms with Crippen LogP contribution in [0.1, 0.15) is 11.1 Å². The van der Waals surface area contributed by atoms with E-state index in [1.54, 1.807) is 12.0 Å². The van der Waals surface area contributed by atoms with E-state index in [0.717, 1.165) is 24.3 Å². The molecule has 0 aromatic heterocycles. The zero-order valence-electron chi connectivity index (χ0n) is 9.20. The van der Waals surface area contributed by atoms with Crippen molar-refractivity contribution in [2.45, 2.75) is 13.0 Å². The summed E-state index contributed by atoms with van der Waals surface area (Å²) in [6, 6.07) is 5.99. The Bertz CT molecular complexity index is 392. The molecule has 0 atom stereocenters. The maximum Gasteiger partial charge on any atom is 0.237 e. The molecule has 1 amide bonds. The first-order chi connectivity index (χ1) is 7.76. The topological polar surface area (TPSA) is 29.5 Å². The standard InChI is InChI=1S/C12H14ClNO2/c1-16-11-4-2-3-9-5-6-14(8-10(9)11)12(15)7-13/h2-4H,5-8H2,1H3. The van der Waals surface area contributed by atoms with Crippen LogP contribution >= 0.6 is 11.6 Å². The molecule has 0 N–H and O–H groups in total. The fourth-order valence-corrected chi connectivity index (χ4v) is 2.21. The highest BCUT2D eigenvalue weighted by molar-refractivity contribution is 6.27. The van der Waals surface area contributed by atoms with Crippen molar-refractivity contribution in [2.24, 2.45) is 0 Å². The average molecular weight is 240 g/mol. The maximum atomic E-state index is 11.5. The molecule has 16 heavy (non-hydrogen) atoms. The van der Waals surface area contributed by atoms with Crippen LogP contribution in [0.15, 0.2) is 18.2 Å². The van der Waals surface area contributed by atoms with Crippen molar-refractivity contribution in [1.29, 1.82) is 0 Å². The molecule has 0 spiro atoms. The molecule has 0 saturated carbocycles. The van der Waals surface area contributed by atoms with E-state index in [1.165, 1.54) is 5.56 Å². The number of nitrogens with zero attached hydrogens (tertiary/aromatic N) is 1. The van der Waals surface area contributed by atoms with Crippen molar-refractivity contribution >= 4 is 17.5 Å². The van der Waals surface area contributed by atoms with Gasteiger partial charge in [-0.05, 0) is 18.1 Å². The van der Waals surface area contributed by atoms with Gasteiger partial charge in [0.15, 0.2) is 0 Å². The number of rotatable bonds is 2. The molecule has 1 aliphatic heterocycles. The van der Waals surface area contributed by atoms with Gasteiger partial charge in [0.25, 0.3) is 0 Å². The summed E-state index contributed by atoms with van der Waals surface area (Å²) in [4.78, 5) is 13.3. The molecular formula is C12H14ClNO2. The van der Waals surface area contributed by atoms with Crippen molar-refractivity contribution in [3.63, 3.8) is 0 Å². The molecule has 0 unspecified atom stereocenters. The van der Waals surface area contributed by atoms with Crippen LogP contribution in [0, 0.1) is 0 Å². The van der Waals surface area contributed by atoms with E-state index in [2.05, 4.69) is 6.07 Å². The van der Waals surface area contributed by atoms with Gasteiger partial charge < -0.3 is 9.64 Å². The number of carbonyl (C=O) groups excluding carboxylic acids is 1. The molecule has 1 aliphatic rings. The highest BCUT2D eigenvalue weighted by Gasteiger charge is 2.22. The summed E-state index contributed by atoms with van der Waals surface area (Å²) in [5.74, 6) is 0.882. The van der Waals surface area contributed by atoms with E-state index in [-0.39, 0.29) is 11.8 Å². The maximum absolute atomic E-state index is 11.5. The third-order valence-corrected chi connectivity index (χ3v) is 3.15. The van der Waals surface area contributed by atoms with Crippen molar-refractivity contribution in [3.05, 3.63) is 29.3 Å². The number of hydrogen-bond acceptors (Lipinski definition) is 2. The number of benzene rings is 1. The minimum atomic E-state index is -0.0155. The first-order valence-electron chi connectivity index (χ1n) is 5.24. The predicted octanol–water partition coefficient (Wildman–Crippen LogP) is 1.82. The van der Waals surface area contributed by atoms with Gasteiger partial charge in [0.1, 0.15) is 11.6 Å². The number of halogens is 1. The molecule has 0 fully saturated rings. The van der Waals surface area contributed by atoms with Crippen LogP contribution in [-0.4, -0.2) is 30.3 Å². The molecule has 2 rings (SSSR count). The summed E-state index contributed by atoms with van der Waals surface area (Å²) in [6.45, 7) is 1.34. The molecule has 0 aliphatic carbocycles. The summed E-state index contributed by atoms with van der Waals surface area (Å²) in [7, 11) is 1.65. The SMILES string of the molecule is COc1cccc2c1CN(C(=O)CCl)CC2. The van der Waals surface area contributed by atoms with Gasteiger partial charge in [0, 0.05) is 18.7 Å². The molecule has 86 valence electrons. The second-order valence-corrected chi connectivity index (χ2v) is 4.06. The second-order valence-electron chi connectivity index (χ2n) is 3.80. The van der Waals surface area contributed by atoms with Crippen LogP contribution in [0.25, 0.3) is 0 Å². The lowest BCUT2D eigenvalue weighted by molar-refractivity contribution is -0.129. The van der Waals surface area contributed by atoms with Crippen LogP contribution in [-0.2, 0) is 17.8 Å². The lowest BCUT2D eigenvalue weighted by Crippen LogP contribution is -2.36. The van der Waals surface area contributed by atoms with Crippen LogP contribution in [0.4, 0.5) is 0 Å². The van der Waals surface area contributed by atoms with E-state index in [1.807, 2.05) is 12.1 Å².